The van der Waals surface area contributed by atoms with Crippen LogP contribution in [0.15, 0.2) is 42.5 Å². The first-order chi connectivity index (χ1) is 11.4. The van der Waals surface area contributed by atoms with Gasteiger partial charge < -0.3 is 15.8 Å². The van der Waals surface area contributed by atoms with Crippen molar-refractivity contribution < 1.29 is 19.2 Å². The number of benzene rings is 2. The van der Waals surface area contributed by atoms with Crippen molar-refractivity contribution in [2.24, 2.45) is 5.73 Å². The van der Waals surface area contributed by atoms with E-state index >= 15 is 0 Å². The van der Waals surface area contributed by atoms with E-state index in [-0.39, 0.29) is 28.6 Å². The Morgan fingerprint density at radius 1 is 1.21 bits per heavy atom. The summed E-state index contributed by atoms with van der Waals surface area (Å²) in [6.45, 7) is -0.338. The largest absolute Gasteiger partial charge is 0.484 e. The Morgan fingerprint density at radius 3 is 2.46 bits per heavy atom. The van der Waals surface area contributed by atoms with Gasteiger partial charge in [0.1, 0.15) is 5.75 Å². The second kappa shape index (κ2) is 7.42. The number of nitrogens with one attached hydrogen (secondary N) is 1. The molecular weight excluding hydrogens is 338 g/mol. The number of non-ortho nitro benzene ring substituents is 1. The van der Waals surface area contributed by atoms with E-state index < -0.39 is 16.7 Å². The summed E-state index contributed by atoms with van der Waals surface area (Å²) >= 11 is 5.94. The van der Waals surface area contributed by atoms with Crippen molar-refractivity contribution in [2.45, 2.75) is 0 Å². The highest BCUT2D eigenvalue weighted by atomic mass is 35.5. The molecule has 8 nitrogen and oxygen atoms in total. The van der Waals surface area contributed by atoms with Crippen LogP contribution in [-0.2, 0) is 4.79 Å². The van der Waals surface area contributed by atoms with Crippen LogP contribution in [0.3, 0.4) is 0 Å². The fourth-order valence-electron chi connectivity index (χ4n) is 1.77. The minimum Gasteiger partial charge on any atom is -0.484 e. The smallest absolute Gasteiger partial charge is 0.269 e. The monoisotopic (exact) mass is 349 g/mol. The van der Waals surface area contributed by atoms with Gasteiger partial charge in [-0.1, -0.05) is 11.6 Å². The normalized spacial score (nSPS) is 10.0. The van der Waals surface area contributed by atoms with Crippen molar-refractivity contribution in [3.8, 4) is 5.75 Å². The molecule has 0 aliphatic carbocycles. The van der Waals surface area contributed by atoms with Crippen LogP contribution < -0.4 is 15.8 Å². The lowest BCUT2D eigenvalue weighted by molar-refractivity contribution is -0.384. The number of amides is 2. The number of primary amides is 1. The third-order valence-electron chi connectivity index (χ3n) is 2.94. The zero-order chi connectivity index (χ0) is 17.7. The van der Waals surface area contributed by atoms with E-state index in [1.807, 2.05) is 0 Å². The predicted molar refractivity (Wildman–Crippen MR) is 87.2 cm³/mol. The summed E-state index contributed by atoms with van der Waals surface area (Å²) in [6, 6.07) is 9.52. The molecule has 0 aromatic heterocycles. The molecular formula is C15H12ClN3O5. The van der Waals surface area contributed by atoms with Gasteiger partial charge in [0, 0.05) is 17.7 Å². The van der Waals surface area contributed by atoms with Crippen LogP contribution >= 0.6 is 11.6 Å². The van der Waals surface area contributed by atoms with Gasteiger partial charge in [0.2, 0.25) is 5.91 Å². The van der Waals surface area contributed by atoms with E-state index in [2.05, 4.69) is 5.32 Å². The number of anilines is 1. The van der Waals surface area contributed by atoms with Crippen molar-refractivity contribution in [1.82, 2.24) is 0 Å². The number of ether oxygens (including phenoxy) is 1. The lowest BCUT2D eigenvalue weighted by Gasteiger charge is -2.09. The van der Waals surface area contributed by atoms with Crippen LogP contribution in [0.2, 0.25) is 5.02 Å². The number of carbonyl (C=O) groups excluding carboxylic acids is 2. The average molecular weight is 350 g/mol. The number of nitrogens with two attached hydrogens (primary N) is 1. The summed E-state index contributed by atoms with van der Waals surface area (Å²) < 4.78 is 5.22. The van der Waals surface area contributed by atoms with Gasteiger partial charge in [-0.15, -0.1) is 0 Å². The van der Waals surface area contributed by atoms with E-state index in [9.17, 15) is 19.7 Å². The lowest BCUT2D eigenvalue weighted by Crippen LogP contribution is -2.21. The molecule has 0 aliphatic heterocycles. The van der Waals surface area contributed by atoms with Crippen LogP contribution in [0, 0.1) is 10.1 Å². The van der Waals surface area contributed by atoms with Crippen LogP contribution in [0.5, 0.6) is 5.75 Å². The highest BCUT2D eigenvalue weighted by Crippen LogP contribution is 2.23. The molecule has 0 heterocycles. The first-order valence-corrected chi connectivity index (χ1v) is 7.01. The molecule has 9 heteroatoms. The van der Waals surface area contributed by atoms with E-state index in [1.165, 1.54) is 42.5 Å². The number of rotatable bonds is 6. The van der Waals surface area contributed by atoms with Crippen molar-refractivity contribution in [1.29, 1.82) is 0 Å². The minimum atomic E-state index is -0.649. The number of hydrogen-bond donors (Lipinski definition) is 2. The van der Waals surface area contributed by atoms with Gasteiger partial charge in [0.05, 0.1) is 15.6 Å². The van der Waals surface area contributed by atoms with Crippen LogP contribution in [0.25, 0.3) is 0 Å². The van der Waals surface area contributed by atoms with Gasteiger partial charge in [-0.3, -0.25) is 19.7 Å². The summed E-state index contributed by atoms with van der Waals surface area (Å²) in [5.74, 6) is -0.867. The molecule has 2 aromatic carbocycles. The van der Waals surface area contributed by atoms with Crippen LogP contribution in [-0.4, -0.2) is 23.3 Å². The minimum absolute atomic E-state index is 0.0816. The third-order valence-corrected chi connectivity index (χ3v) is 3.27. The highest BCUT2D eigenvalue weighted by Gasteiger charge is 2.10. The van der Waals surface area contributed by atoms with Gasteiger partial charge in [-0.05, 0) is 30.3 Å². The maximum atomic E-state index is 11.9. The fourth-order valence-corrected chi connectivity index (χ4v) is 1.94. The number of carbonyl (C=O) groups is 2. The molecule has 0 aliphatic rings. The quantitative estimate of drug-likeness (QED) is 0.611. The molecule has 0 bridgehead atoms. The number of hydrogen-bond acceptors (Lipinski definition) is 5. The van der Waals surface area contributed by atoms with Gasteiger partial charge >= 0.3 is 0 Å². The zero-order valence-electron chi connectivity index (χ0n) is 12.2. The maximum Gasteiger partial charge on any atom is 0.269 e. The number of nitro benzene ring substituents is 1. The van der Waals surface area contributed by atoms with Gasteiger partial charge in [0.15, 0.2) is 6.61 Å². The van der Waals surface area contributed by atoms with E-state index in [0.29, 0.717) is 5.75 Å². The number of nitrogens with zero attached hydrogens (tertiary/aromatic N) is 1. The molecule has 0 fully saturated rings. The Balaban J connectivity index is 1.97. The Kier molecular flexibility index (Phi) is 5.33. The standard InChI is InChI=1S/C15H12ClN3O5/c16-12-6-1-9(15(17)21)7-13(12)18-14(20)8-24-11-4-2-10(3-5-11)19(22)23/h1-7H,8H2,(H2,17,21)(H,18,20). The van der Waals surface area contributed by atoms with Gasteiger partial charge in [-0.2, -0.15) is 0 Å². The third kappa shape index (κ3) is 4.43. The van der Waals surface area contributed by atoms with E-state index in [1.54, 1.807) is 0 Å². The average Bonchev–Trinajstić information content (AvgIpc) is 2.55. The van der Waals surface area contributed by atoms with Crippen molar-refractivity contribution in [3.63, 3.8) is 0 Å². The molecule has 0 unspecified atom stereocenters. The zero-order valence-corrected chi connectivity index (χ0v) is 12.9. The molecule has 2 aromatic rings. The van der Waals surface area contributed by atoms with Gasteiger partial charge in [0.25, 0.3) is 11.6 Å². The van der Waals surface area contributed by atoms with Crippen molar-refractivity contribution >= 4 is 34.8 Å². The highest BCUT2D eigenvalue weighted by molar-refractivity contribution is 6.33. The molecule has 0 atom stereocenters. The summed E-state index contributed by atoms with van der Waals surface area (Å²) in [5.41, 5.74) is 5.51. The maximum absolute atomic E-state index is 11.9. The summed E-state index contributed by atoms with van der Waals surface area (Å²) in [7, 11) is 0. The summed E-state index contributed by atoms with van der Waals surface area (Å²) in [6.07, 6.45) is 0. The molecule has 0 saturated heterocycles. The van der Waals surface area contributed by atoms with E-state index in [4.69, 9.17) is 22.1 Å². The molecule has 0 saturated carbocycles. The second-order valence-electron chi connectivity index (χ2n) is 4.65. The molecule has 0 spiro atoms. The van der Waals surface area contributed by atoms with Crippen molar-refractivity contribution in [2.75, 3.05) is 11.9 Å². The molecule has 2 amide bonds. The van der Waals surface area contributed by atoms with E-state index in [0.717, 1.165) is 0 Å². The first-order valence-electron chi connectivity index (χ1n) is 6.63. The summed E-state index contributed by atoms with van der Waals surface area (Å²) in [4.78, 5) is 33.0. The van der Waals surface area contributed by atoms with Gasteiger partial charge in [-0.25, -0.2) is 0 Å². The van der Waals surface area contributed by atoms with Crippen LogP contribution in [0.1, 0.15) is 10.4 Å². The summed E-state index contributed by atoms with van der Waals surface area (Å²) in [5, 5.41) is 13.3. The topological polar surface area (TPSA) is 125 Å². The fraction of sp³-hybridized carbons (Fsp3) is 0.0667. The Morgan fingerprint density at radius 2 is 1.88 bits per heavy atom. The molecule has 2 rings (SSSR count). The first kappa shape index (κ1) is 17.2. The lowest BCUT2D eigenvalue weighted by atomic mass is 10.2. The Labute approximate surface area is 141 Å². The number of halogens is 1. The second-order valence-corrected chi connectivity index (χ2v) is 5.05. The predicted octanol–water partition coefficient (Wildman–Crippen LogP) is 2.36. The SMILES string of the molecule is NC(=O)c1ccc(Cl)c(NC(=O)COc2ccc([N+](=O)[O-])cc2)c1. The Hall–Kier alpha value is -3.13. The molecule has 124 valence electrons. The van der Waals surface area contributed by atoms with Crippen LogP contribution in [0.4, 0.5) is 11.4 Å². The Bertz CT molecular complexity index is 792. The van der Waals surface area contributed by atoms with Crippen molar-refractivity contribution in [3.05, 3.63) is 63.2 Å². The molecule has 3 N–H and O–H groups in total. The number of nitro groups is 1. The molecule has 0 radical (unpaired) electrons. The molecule has 24 heavy (non-hydrogen) atoms.